The second-order valence-corrected chi connectivity index (χ2v) is 5.16. The van der Waals surface area contributed by atoms with Crippen LogP contribution in [0.15, 0.2) is 24.3 Å². The maximum absolute atomic E-state index is 12.2. The number of para-hydroxylation sites is 1. The molecular formula is C15H20N2O3. The SMILES string of the molecule is Nc1ccccc1CCC(=O)N(CCC(=O)O)C1CC1. The van der Waals surface area contributed by atoms with Gasteiger partial charge in [-0.15, -0.1) is 0 Å². The number of amides is 1. The molecular weight excluding hydrogens is 256 g/mol. The van der Waals surface area contributed by atoms with E-state index in [1.807, 2.05) is 24.3 Å². The van der Waals surface area contributed by atoms with Crippen molar-refractivity contribution in [3.63, 3.8) is 0 Å². The molecule has 1 aliphatic rings. The highest BCUT2D eigenvalue weighted by Crippen LogP contribution is 2.28. The zero-order chi connectivity index (χ0) is 14.5. The molecule has 0 spiro atoms. The molecule has 0 saturated heterocycles. The molecule has 0 radical (unpaired) electrons. The summed E-state index contributed by atoms with van der Waals surface area (Å²) in [4.78, 5) is 24.6. The average Bonchev–Trinajstić information content (AvgIpc) is 3.22. The summed E-state index contributed by atoms with van der Waals surface area (Å²) in [6.45, 7) is 0.309. The van der Waals surface area contributed by atoms with Gasteiger partial charge in [-0.1, -0.05) is 18.2 Å². The van der Waals surface area contributed by atoms with E-state index in [1.54, 1.807) is 4.90 Å². The highest BCUT2D eigenvalue weighted by Gasteiger charge is 2.32. The van der Waals surface area contributed by atoms with Crippen molar-refractivity contribution in [1.82, 2.24) is 4.90 Å². The second kappa shape index (κ2) is 6.41. The Bertz CT molecular complexity index is 498. The minimum atomic E-state index is -0.865. The number of nitrogens with two attached hydrogens (primary N) is 1. The van der Waals surface area contributed by atoms with Crippen LogP contribution in [0.3, 0.4) is 0 Å². The molecule has 0 unspecified atom stereocenters. The molecule has 108 valence electrons. The van der Waals surface area contributed by atoms with Gasteiger partial charge < -0.3 is 15.7 Å². The number of carbonyl (C=O) groups is 2. The van der Waals surface area contributed by atoms with Gasteiger partial charge in [0, 0.05) is 24.7 Å². The third kappa shape index (κ3) is 3.98. The van der Waals surface area contributed by atoms with Gasteiger partial charge in [0.15, 0.2) is 0 Å². The summed E-state index contributed by atoms with van der Waals surface area (Å²) in [6, 6.07) is 7.75. The molecule has 1 aromatic carbocycles. The molecule has 5 heteroatoms. The first kappa shape index (κ1) is 14.4. The number of carboxylic acids is 1. The van der Waals surface area contributed by atoms with Crippen LogP contribution in [0, 0.1) is 0 Å². The zero-order valence-electron chi connectivity index (χ0n) is 11.4. The Balaban J connectivity index is 1.88. The number of carbonyl (C=O) groups excluding carboxylic acids is 1. The predicted octanol–water partition coefficient (Wildman–Crippen LogP) is 1.67. The Labute approximate surface area is 118 Å². The van der Waals surface area contributed by atoms with Gasteiger partial charge in [0.1, 0.15) is 0 Å². The molecule has 1 saturated carbocycles. The summed E-state index contributed by atoms with van der Waals surface area (Å²) >= 11 is 0. The van der Waals surface area contributed by atoms with E-state index >= 15 is 0 Å². The largest absolute Gasteiger partial charge is 0.481 e. The normalized spacial score (nSPS) is 14.0. The van der Waals surface area contributed by atoms with Gasteiger partial charge in [0.2, 0.25) is 5.91 Å². The van der Waals surface area contributed by atoms with Crippen LogP contribution in [0.5, 0.6) is 0 Å². The van der Waals surface area contributed by atoms with Gasteiger partial charge in [0.25, 0.3) is 0 Å². The predicted molar refractivity (Wildman–Crippen MR) is 76.2 cm³/mol. The summed E-state index contributed by atoms with van der Waals surface area (Å²) in [5, 5.41) is 8.74. The lowest BCUT2D eigenvalue weighted by molar-refractivity contribution is -0.138. The minimum Gasteiger partial charge on any atom is -0.481 e. The van der Waals surface area contributed by atoms with Crippen molar-refractivity contribution in [3.8, 4) is 0 Å². The summed E-state index contributed by atoms with van der Waals surface area (Å²) in [5.41, 5.74) is 7.52. The van der Waals surface area contributed by atoms with Crippen molar-refractivity contribution in [2.45, 2.75) is 38.1 Å². The maximum atomic E-state index is 12.2. The number of aryl methyl sites for hydroxylation is 1. The van der Waals surface area contributed by atoms with Gasteiger partial charge in [-0.2, -0.15) is 0 Å². The Morgan fingerprint density at radius 2 is 1.95 bits per heavy atom. The highest BCUT2D eigenvalue weighted by molar-refractivity contribution is 5.78. The Hall–Kier alpha value is -2.04. The van der Waals surface area contributed by atoms with E-state index in [4.69, 9.17) is 10.8 Å². The first-order valence-corrected chi connectivity index (χ1v) is 6.92. The molecule has 0 heterocycles. The van der Waals surface area contributed by atoms with Crippen LogP contribution in [-0.4, -0.2) is 34.5 Å². The third-order valence-corrected chi connectivity index (χ3v) is 3.54. The topological polar surface area (TPSA) is 83.6 Å². The average molecular weight is 276 g/mol. The van der Waals surface area contributed by atoms with E-state index < -0.39 is 5.97 Å². The molecule has 1 aromatic rings. The van der Waals surface area contributed by atoms with E-state index in [1.165, 1.54) is 0 Å². The van der Waals surface area contributed by atoms with Crippen molar-refractivity contribution in [1.29, 1.82) is 0 Å². The van der Waals surface area contributed by atoms with Crippen LogP contribution in [-0.2, 0) is 16.0 Å². The van der Waals surface area contributed by atoms with Gasteiger partial charge >= 0.3 is 5.97 Å². The van der Waals surface area contributed by atoms with Crippen molar-refractivity contribution in [3.05, 3.63) is 29.8 Å². The smallest absolute Gasteiger partial charge is 0.305 e. The number of nitrogens with zero attached hydrogens (tertiary/aromatic N) is 1. The van der Waals surface area contributed by atoms with Crippen LogP contribution in [0.1, 0.15) is 31.2 Å². The summed E-state index contributed by atoms with van der Waals surface area (Å²) in [6.07, 6.45) is 2.96. The fourth-order valence-corrected chi connectivity index (χ4v) is 2.26. The van der Waals surface area contributed by atoms with Crippen LogP contribution in [0.4, 0.5) is 5.69 Å². The lowest BCUT2D eigenvalue weighted by Gasteiger charge is -2.21. The van der Waals surface area contributed by atoms with Crippen LogP contribution in [0.2, 0.25) is 0 Å². The fourth-order valence-electron chi connectivity index (χ4n) is 2.26. The highest BCUT2D eigenvalue weighted by atomic mass is 16.4. The zero-order valence-corrected chi connectivity index (χ0v) is 11.4. The molecule has 0 aromatic heterocycles. The van der Waals surface area contributed by atoms with Gasteiger partial charge in [0.05, 0.1) is 6.42 Å². The van der Waals surface area contributed by atoms with E-state index in [2.05, 4.69) is 0 Å². The number of rotatable bonds is 7. The van der Waals surface area contributed by atoms with Crippen molar-refractivity contribution < 1.29 is 14.7 Å². The molecule has 0 atom stereocenters. The first-order chi connectivity index (χ1) is 9.58. The molecule has 5 nitrogen and oxygen atoms in total. The Kier molecular flexibility index (Phi) is 4.61. The Morgan fingerprint density at radius 3 is 2.55 bits per heavy atom. The summed E-state index contributed by atoms with van der Waals surface area (Å²) in [7, 11) is 0. The molecule has 2 rings (SSSR count). The maximum Gasteiger partial charge on any atom is 0.305 e. The monoisotopic (exact) mass is 276 g/mol. The number of hydrogen-bond acceptors (Lipinski definition) is 3. The Morgan fingerprint density at radius 1 is 1.25 bits per heavy atom. The van der Waals surface area contributed by atoms with Gasteiger partial charge in [-0.3, -0.25) is 9.59 Å². The van der Waals surface area contributed by atoms with Crippen LogP contribution in [0.25, 0.3) is 0 Å². The molecule has 0 aliphatic heterocycles. The first-order valence-electron chi connectivity index (χ1n) is 6.92. The standard InChI is InChI=1S/C15H20N2O3/c16-13-4-2-1-3-11(13)5-8-14(18)17(12-6-7-12)10-9-15(19)20/h1-4,12H,5-10,16H2,(H,19,20). The van der Waals surface area contributed by atoms with E-state index in [0.29, 0.717) is 25.1 Å². The molecule has 20 heavy (non-hydrogen) atoms. The minimum absolute atomic E-state index is 0.00964. The van der Waals surface area contributed by atoms with Crippen molar-refractivity contribution in [2.75, 3.05) is 12.3 Å². The molecule has 1 fully saturated rings. The summed E-state index contributed by atoms with van der Waals surface area (Å²) in [5.74, 6) is -0.840. The molecule has 1 aliphatic carbocycles. The number of nitrogen functional groups attached to an aromatic ring is 1. The summed E-state index contributed by atoms with van der Waals surface area (Å²) < 4.78 is 0. The lowest BCUT2D eigenvalue weighted by atomic mass is 10.1. The number of aliphatic carboxylic acids is 1. The lowest BCUT2D eigenvalue weighted by Crippen LogP contribution is -2.35. The van der Waals surface area contributed by atoms with E-state index in [-0.39, 0.29) is 18.4 Å². The number of hydrogen-bond donors (Lipinski definition) is 2. The molecule has 1 amide bonds. The quantitative estimate of drug-likeness (QED) is 0.742. The van der Waals surface area contributed by atoms with Gasteiger partial charge in [-0.25, -0.2) is 0 Å². The van der Waals surface area contributed by atoms with E-state index in [0.717, 1.165) is 18.4 Å². The van der Waals surface area contributed by atoms with Crippen molar-refractivity contribution in [2.24, 2.45) is 0 Å². The van der Waals surface area contributed by atoms with E-state index in [9.17, 15) is 9.59 Å². The molecule has 3 N–H and O–H groups in total. The van der Waals surface area contributed by atoms with Crippen LogP contribution < -0.4 is 5.73 Å². The van der Waals surface area contributed by atoms with Gasteiger partial charge in [-0.05, 0) is 30.9 Å². The van der Waals surface area contributed by atoms with Crippen molar-refractivity contribution >= 4 is 17.6 Å². The number of benzene rings is 1. The number of carboxylic acid groups (broad SMARTS) is 1. The number of anilines is 1. The molecule has 0 bridgehead atoms. The second-order valence-electron chi connectivity index (χ2n) is 5.16. The van der Waals surface area contributed by atoms with Crippen LogP contribution >= 0.6 is 0 Å². The third-order valence-electron chi connectivity index (χ3n) is 3.54. The fraction of sp³-hybridized carbons (Fsp3) is 0.467.